The summed E-state index contributed by atoms with van der Waals surface area (Å²) in [4.78, 5) is 16.4. The molecule has 0 aliphatic heterocycles. The minimum absolute atomic E-state index is 0.431. The predicted molar refractivity (Wildman–Crippen MR) is 104 cm³/mol. The van der Waals surface area contributed by atoms with Gasteiger partial charge in [-0.1, -0.05) is 6.07 Å². The summed E-state index contributed by atoms with van der Waals surface area (Å²) in [7, 11) is 0. The normalized spacial score (nSPS) is 10.4. The Bertz CT molecular complexity index is 1050. The van der Waals surface area contributed by atoms with Crippen molar-refractivity contribution in [2.24, 2.45) is 0 Å². The van der Waals surface area contributed by atoms with Gasteiger partial charge in [-0.2, -0.15) is 5.10 Å². The van der Waals surface area contributed by atoms with E-state index in [1.165, 1.54) is 0 Å². The lowest BCUT2D eigenvalue weighted by Crippen LogP contribution is -2.09. The smallest absolute Gasteiger partial charge is 0.343 e. The van der Waals surface area contributed by atoms with Gasteiger partial charge in [-0.25, -0.2) is 9.48 Å². The van der Waals surface area contributed by atoms with Crippen molar-refractivity contribution in [3.63, 3.8) is 0 Å². The third kappa shape index (κ3) is 4.24. The molecule has 2 heterocycles. The van der Waals surface area contributed by atoms with Gasteiger partial charge in [-0.3, -0.25) is 4.98 Å². The van der Waals surface area contributed by atoms with Crippen LogP contribution in [0.25, 0.3) is 5.69 Å². The first-order chi connectivity index (χ1) is 13.8. The van der Waals surface area contributed by atoms with E-state index in [4.69, 9.17) is 9.47 Å². The number of rotatable bonds is 6. The lowest BCUT2D eigenvalue weighted by atomic mass is 10.2. The number of ether oxygens (including phenoxy) is 2. The van der Waals surface area contributed by atoms with Crippen LogP contribution in [0.5, 0.6) is 11.5 Å². The van der Waals surface area contributed by atoms with E-state index < -0.39 is 5.97 Å². The van der Waals surface area contributed by atoms with Gasteiger partial charge in [0.1, 0.15) is 18.1 Å². The van der Waals surface area contributed by atoms with Gasteiger partial charge < -0.3 is 9.47 Å². The van der Waals surface area contributed by atoms with E-state index in [0.717, 1.165) is 11.3 Å². The van der Waals surface area contributed by atoms with Crippen LogP contribution < -0.4 is 9.47 Å². The van der Waals surface area contributed by atoms with Crippen LogP contribution in [0.1, 0.15) is 15.9 Å². The Morgan fingerprint density at radius 2 is 1.68 bits per heavy atom. The molecule has 28 heavy (non-hydrogen) atoms. The fraction of sp³-hybridized carbons (Fsp3) is 0.0455. The zero-order chi connectivity index (χ0) is 19.2. The van der Waals surface area contributed by atoms with E-state index in [1.807, 2.05) is 30.5 Å². The highest BCUT2D eigenvalue weighted by atomic mass is 16.5. The van der Waals surface area contributed by atoms with Crippen LogP contribution in [0, 0.1) is 0 Å². The maximum Gasteiger partial charge on any atom is 0.343 e. The maximum atomic E-state index is 12.4. The van der Waals surface area contributed by atoms with Crippen molar-refractivity contribution in [2.75, 3.05) is 0 Å². The number of aromatic nitrogens is 3. The molecule has 0 saturated carbocycles. The molecule has 0 amide bonds. The average molecular weight is 371 g/mol. The quantitative estimate of drug-likeness (QED) is 0.378. The van der Waals surface area contributed by atoms with Gasteiger partial charge in [0.15, 0.2) is 0 Å². The van der Waals surface area contributed by atoms with Crippen molar-refractivity contribution < 1.29 is 14.3 Å². The molecule has 0 bridgehead atoms. The third-order valence-corrected chi connectivity index (χ3v) is 4.04. The van der Waals surface area contributed by atoms with Gasteiger partial charge in [0.2, 0.25) is 0 Å². The number of carbonyl (C=O) groups is 1. The summed E-state index contributed by atoms with van der Waals surface area (Å²) in [5, 5.41) is 4.17. The first-order valence-corrected chi connectivity index (χ1v) is 8.72. The molecule has 6 heteroatoms. The van der Waals surface area contributed by atoms with Gasteiger partial charge in [0.05, 0.1) is 11.3 Å². The summed E-state index contributed by atoms with van der Waals surface area (Å²) < 4.78 is 12.9. The van der Waals surface area contributed by atoms with Crippen molar-refractivity contribution in [1.29, 1.82) is 0 Å². The maximum absolute atomic E-state index is 12.4. The molecule has 138 valence electrons. The van der Waals surface area contributed by atoms with E-state index in [0.29, 0.717) is 23.7 Å². The molecule has 4 aromatic rings. The Labute approximate surface area is 162 Å². The summed E-state index contributed by atoms with van der Waals surface area (Å²) in [6.07, 6.45) is 6.95. The van der Waals surface area contributed by atoms with Gasteiger partial charge in [0, 0.05) is 24.8 Å². The second kappa shape index (κ2) is 8.18. The van der Waals surface area contributed by atoms with Gasteiger partial charge in [-0.05, 0) is 66.2 Å². The van der Waals surface area contributed by atoms with E-state index in [9.17, 15) is 4.79 Å². The second-order valence-electron chi connectivity index (χ2n) is 6.01. The van der Waals surface area contributed by atoms with Gasteiger partial charge in [0.25, 0.3) is 0 Å². The lowest BCUT2D eigenvalue weighted by molar-refractivity contribution is 0.0734. The van der Waals surface area contributed by atoms with Crippen molar-refractivity contribution in [3.8, 4) is 17.2 Å². The highest BCUT2D eigenvalue weighted by Crippen LogP contribution is 2.20. The highest BCUT2D eigenvalue weighted by molar-refractivity contribution is 5.91. The van der Waals surface area contributed by atoms with E-state index in [-0.39, 0.29) is 0 Å². The third-order valence-electron chi connectivity index (χ3n) is 4.04. The van der Waals surface area contributed by atoms with Crippen molar-refractivity contribution >= 4 is 5.97 Å². The molecule has 6 nitrogen and oxygen atoms in total. The summed E-state index contributed by atoms with van der Waals surface area (Å²) in [6.45, 7) is 0.446. The number of hydrogen-bond donors (Lipinski definition) is 0. The van der Waals surface area contributed by atoms with Crippen LogP contribution in [0.2, 0.25) is 0 Å². The van der Waals surface area contributed by atoms with Crippen molar-refractivity contribution in [1.82, 2.24) is 14.8 Å². The fourth-order valence-corrected chi connectivity index (χ4v) is 2.61. The molecule has 2 aromatic carbocycles. The molecule has 0 N–H and O–H groups in total. The van der Waals surface area contributed by atoms with Gasteiger partial charge >= 0.3 is 5.97 Å². The Kier molecular flexibility index (Phi) is 5.11. The molecule has 0 atom stereocenters. The molecule has 4 rings (SSSR count). The second-order valence-corrected chi connectivity index (χ2v) is 6.01. The van der Waals surface area contributed by atoms with Crippen molar-refractivity contribution in [3.05, 3.63) is 103 Å². The number of hydrogen-bond acceptors (Lipinski definition) is 5. The number of esters is 1. The van der Waals surface area contributed by atoms with Crippen LogP contribution in [0.3, 0.4) is 0 Å². The predicted octanol–water partition coefficient (Wildman–Crippen LogP) is 4.07. The number of carbonyl (C=O) groups excluding carboxylic acids is 1. The van der Waals surface area contributed by atoms with Crippen LogP contribution in [0.15, 0.2) is 91.5 Å². The zero-order valence-corrected chi connectivity index (χ0v) is 14.9. The van der Waals surface area contributed by atoms with Crippen LogP contribution in [-0.2, 0) is 6.61 Å². The number of benzene rings is 2. The Morgan fingerprint density at radius 3 is 2.43 bits per heavy atom. The molecule has 0 fully saturated rings. The average Bonchev–Trinajstić information content (AvgIpc) is 3.29. The monoisotopic (exact) mass is 371 g/mol. The highest BCUT2D eigenvalue weighted by Gasteiger charge is 2.10. The molecule has 0 saturated heterocycles. The zero-order valence-electron chi connectivity index (χ0n) is 14.9. The summed E-state index contributed by atoms with van der Waals surface area (Å²) in [5.41, 5.74) is 2.27. The number of pyridine rings is 1. The Hall–Kier alpha value is -3.93. The molecular formula is C22H17N3O3. The van der Waals surface area contributed by atoms with Gasteiger partial charge in [-0.15, -0.1) is 0 Å². The Morgan fingerprint density at radius 1 is 0.893 bits per heavy atom. The fourth-order valence-electron chi connectivity index (χ4n) is 2.61. The standard InChI is InChI=1S/C22H17N3O3/c26-22(18-3-1-4-19(15-18)25-14-2-11-24-25)28-21-7-5-20(6-8-21)27-16-17-9-12-23-13-10-17/h1-15H,16H2. The summed E-state index contributed by atoms with van der Waals surface area (Å²) in [6, 6.07) is 19.7. The molecule has 0 spiro atoms. The largest absolute Gasteiger partial charge is 0.489 e. The van der Waals surface area contributed by atoms with Crippen LogP contribution >= 0.6 is 0 Å². The van der Waals surface area contributed by atoms with Crippen molar-refractivity contribution in [2.45, 2.75) is 6.61 Å². The topological polar surface area (TPSA) is 66.2 Å². The first-order valence-electron chi connectivity index (χ1n) is 8.72. The molecule has 0 aliphatic carbocycles. The van der Waals surface area contributed by atoms with Crippen LogP contribution in [-0.4, -0.2) is 20.7 Å². The molecule has 0 aliphatic rings. The molecule has 0 radical (unpaired) electrons. The SMILES string of the molecule is O=C(Oc1ccc(OCc2ccncc2)cc1)c1cccc(-n2cccn2)c1. The lowest BCUT2D eigenvalue weighted by Gasteiger charge is -2.08. The molecule has 2 aromatic heterocycles. The summed E-state index contributed by atoms with van der Waals surface area (Å²) in [5.74, 6) is 0.711. The van der Waals surface area contributed by atoms with E-state index in [2.05, 4.69) is 10.1 Å². The Balaban J connectivity index is 1.39. The van der Waals surface area contributed by atoms with E-state index in [1.54, 1.807) is 65.7 Å². The minimum Gasteiger partial charge on any atom is -0.489 e. The van der Waals surface area contributed by atoms with E-state index >= 15 is 0 Å². The molecular weight excluding hydrogens is 354 g/mol. The first kappa shape index (κ1) is 17.5. The summed E-state index contributed by atoms with van der Waals surface area (Å²) >= 11 is 0. The molecule has 0 unspecified atom stereocenters. The van der Waals surface area contributed by atoms with Crippen LogP contribution in [0.4, 0.5) is 0 Å². The minimum atomic E-state index is -0.431. The number of nitrogens with zero attached hydrogens (tertiary/aromatic N) is 3.